The van der Waals surface area contributed by atoms with E-state index >= 15 is 0 Å². The van der Waals surface area contributed by atoms with Gasteiger partial charge in [0, 0.05) is 54.7 Å². The van der Waals surface area contributed by atoms with Crippen LogP contribution >= 0.6 is 0 Å². The Hall–Kier alpha value is -3.18. The molecule has 0 saturated heterocycles. The van der Waals surface area contributed by atoms with Crippen LogP contribution in [0.5, 0.6) is 5.75 Å². The lowest BCUT2D eigenvalue weighted by atomic mass is 10.1. The van der Waals surface area contributed by atoms with E-state index in [4.69, 9.17) is 9.15 Å². The largest absolute Gasteiger partial charge is 0.493 e. The number of likely N-dealkylation sites (N-methyl/N-ethyl adjacent to an activating group) is 1. The first-order valence-electron chi connectivity index (χ1n) is 9.33. The van der Waals surface area contributed by atoms with Crippen LogP contribution in [0.3, 0.4) is 0 Å². The van der Waals surface area contributed by atoms with Crippen LogP contribution in [-0.4, -0.2) is 35.6 Å². The normalized spacial score (nSPS) is 11.2. The zero-order chi connectivity index (χ0) is 19.3. The van der Waals surface area contributed by atoms with Crippen LogP contribution in [0.2, 0.25) is 0 Å². The Morgan fingerprint density at radius 2 is 2.00 bits per heavy atom. The standard InChI is InChI=1S/C23H23N3O2/c1-26(13-10-19-7-3-4-12-25-19)16-18-8-9-21(27-2)23-20(18)14-22(28-23)17-6-5-11-24-15-17/h3-9,11-12,14-15H,10,13,16H2,1-2H3. The molecule has 142 valence electrons. The second-order valence-electron chi connectivity index (χ2n) is 6.83. The molecule has 0 spiro atoms. The Bertz CT molecular complexity index is 1050. The van der Waals surface area contributed by atoms with E-state index in [1.54, 1.807) is 13.3 Å². The Kier molecular flexibility index (Phi) is 5.35. The van der Waals surface area contributed by atoms with Gasteiger partial charge < -0.3 is 14.1 Å². The predicted molar refractivity (Wildman–Crippen MR) is 110 cm³/mol. The highest BCUT2D eigenvalue weighted by atomic mass is 16.5. The maximum atomic E-state index is 6.13. The summed E-state index contributed by atoms with van der Waals surface area (Å²) < 4.78 is 11.6. The number of benzene rings is 1. The molecule has 4 aromatic rings. The SMILES string of the molecule is COc1ccc(CN(C)CCc2ccccn2)c2cc(-c3cccnc3)oc12. The Labute approximate surface area is 164 Å². The third-order valence-corrected chi connectivity index (χ3v) is 4.82. The molecule has 5 heteroatoms. The molecule has 0 unspecified atom stereocenters. The van der Waals surface area contributed by atoms with Gasteiger partial charge in [-0.2, -0.15) is 0 Å². The van der Waals surface area contributed by atoms with Gasteiger partial charge in [0.1, 0.15) is 5.76 Å². The van der Waals surface area contributed by atoms with E-state index in [1.165, 1.54) is 5.56 Å². The number of methoxy groups -OCH3 is 1. The third kappa shape index (κ3) is 3.89. The molecule has 0 aliphatic heterocycles. The molecule has 28 heavy (non-hydrogen) atoms. The van der Waals surface area contributed by atoms with Crippen molar-refractivity contribution in [3.05, 3.63) is 78.4 Å². The van der Waals surface area contributed by atoms with Crippen molar-refractivity contribution in [2.75, 3.05) is 20.7 Å². The number of fused-ring (bicyclic) bond motifs is 1. The molecule has 5 nitrogen and oxygen atoms in total. The van der Waals surface area contributed by atoms with E-state index in [2.05, 4.69) is 40.1 Å². The number of rotatable bonds is 7. The second kappa shape index (κ2) is 8.23. The van der Waals surface area contributed by atoms with Crippen molar-refractivity contribution in [2.45, 2.75) is 13.0 Å². The summed E-state index contributed by atoms with van der Waals surface area (Å²) in [6.07, 6.45) is 6.33. The maximum Gasteiger partial charge on any atom is 0.176 e. The highest BCUT2D eigenvalue weighted by Gasteiger charge is 2.15. The van der Waals surface area contributed by atoms with Crippen molar-refractivity contribution < 1.29 is 9.15 Å². The molecule has 3 heterocycles. The zero-order valence-electron chi connectivity index (χ0n) is 16.1. The molecule has 0 amide bonds. The highest BCUT2D eigenvalue weighted by molar-refractivity contribution is 5.90. The van der Waals surface area contributed by atoms with Crippen LogP contribution in [-0.2, 0) is 13.0 Å². The summed E-state index contributed by atoms with van der Waals surface area (Å²) in [4.78, 5) is 10.9. The molecular formula is C23H23N3O2. The van der Waals surface area contributed by atoms with Crippen LogP contribution in [0.25, 0.3) is 22.3 Å². The van der Waals surface area contributed by atoms with Gasteiger partial charge in [0.05, 0.1) is 7.11 Å². The molecule has 1 aromatic carbocycles. The topological polar surface area (TPSA) is 51.4 Å². The second-order valence-corrected chi connectivity index (χ2v) is 6.83. The van der Waals surface area contributed by atoms with Crippen LogP contribution in [0, 0.1) is 0 Å². The third-order valence-electron chi connectivity index (χ3n) is 4.82. The Morgan fingerprint density at radius 1 is 1.07 bits per heavy atom. The Balaban J connectivity index is 1.59. The predicted octanol–water partition coefficient (Wildman–Crippen LogP) is 4.57. The van der Waals surface area contributed by atoms with E-state index in [0.29, 0.717) is 0 Å². The van der Waals surface area contributed by atoms with Crippen LogP contribution in [0.15, 0.2) is 71.5 Å². The number of pyridine rings is 2. The van der Waals surface area contributed by atoms with Gasteiger partial charge in [0.2, 0.25) is 0 Å². The number of hydrogen-bond donors (Lipinski definition) is 0. The maximum absolute atomic E-state index is 6.13. The number of furan rings is 1. The van der Waals surface area contributed by atoms with E-state index in [9.17, 15) is 0 Å². The smallest absolute Gasteiger partial charge is 0.176 e. The van der Waals surface area contributed by atoms with Crippen molar-refractivity contribution in [1.82, 2.24) is 14.9 Å². The van der Waals surface area contributed by atoms with E-state index in [1.807, 2.05) is 42.7 Å². The highest BCUT2D eigenvalue weighted by Crippen LogP contribution is 2.35. The Morgan fingerprint density at radius 3 is 2.75 bits per heavy atom. The van der Waals surface area contributed by atoms with Gasteiger partial charge in [-0.3, -0.25) is 9.97 Å². The minimum absolute atomic E-state index is 0.741. The van der Waals surface area contributed by atoms with Crippen molar-refractivity contribution in [3.63, 3.8) is 0 Å². The van der Waals surface area contributed by atoms with Crippen molar-refractivity contribution >= 4 is 11.0 Å². The summed E-state index contributed by atoms with van der Waals surface area (Å²) in [6, 6.07) is 16.1. The number of ether oxygens (including phenoxy) is 1. The molecule has 4 rings (SSSR count). The number of nitrogens with zero attached hydrogens (tertiary/aromatic N) is 3. The molecule has 0 aliphatic carbocycles. The molecule has 0 N–H and O–H groups in total. The lowest BCUT2D eigenvalue weighted by molar-refractivity contribution is 0.331. The summed E-state index contributed by atoms with van der Waals surface area (Å²) in [5, 5.41) is 1.07. The average Bonchev–Trinajstić information content (AvgIpc) is 3.20. The summed E-state index contributed by atoms with van der Waals surface area (Å²) in [5.74, 6) is 1.54. The molecule has 0 atom stereocenters. The van der Waals surface area contributed by atoms with E-state index < -0.39 is 0 Å². The average molecular weight is 373 g/mol. The van der Waals surface area contributed by atoms with Gasteiger partial charge in [-0.15, -0.1) is 0 Å². The first-order chi connectivity index (χ1) is 13.7. The lowest BCUT2D eigenvalue weighted by Gasteiger charge is -2.17. The van der Waals surface area contributed by atoms with Gasteiger partial charge in [0.25, 0.3) is 0 Å². The van der Waals surface area contributed by atoms with Gasteiger partial charge in [-0.1, -0.05) is 12.1 Å². The monoisotopic (exact) mass is 373 g/mol. The van der Waals surface area contributed by atoms with Gasteiger partial charge in [-0.25, -0.2) is 0 Å². The van der Waals surface area contributed by atoms with E-state index in [-0.39, 0.29) is 0 Å². The van der Waals surface area contributed by atoms with Crippen LogP contribution in [0.1, 0.15) is 11.3 Å². The molecular weight excluding hydrogens is 350 g/mol. The fourth-order valence-corrected chi connectivity index (χ4v) is 3.32. The molecule has 0 saturated carbocycles. The minimum atomic E-state index is 0.741. The quantitative estimate of drug-likeness (QED) is 0.475. The van der Waals surface area contributed by atoms with Crippen molar-refractivity contribution in [3.8, 4) is 17.1 Å². The summed E-state index contributed by atoms with van der Waals surface area (Å²) >= 11 is 0. The summed E-state index contributed by atoms with van der Waals surface area (Å²) in [6.45, 7) is 1.75. The first-order valence-corrected chi connectivity index (χ1v) is 9.33. The fourth-order valence-electron chi connectivity index (χ4n) is 3.32. The zero-order valence-corrected chi connectivity index (χ0v) is 16.1. The molecule has 3 aromatic heterocycles. The number of hydrogen-bond acceptors (Lipinski definition) is 5. The van der Waals surface area contributed by atoms with Gasteiger partial charge in [-0.05, 0) is 49.0 Å². The number of aromatic nitrogens is 2. The molecule has 0 radical (unpaired) electrons. The lowest BCUT2D eigenvalue weighted by Crippen LogP contribution is -2.21. The molecule has 0 fully saturated rings. The summed E-state index contributed by atoms with van der Waals surface area (Å²) in [5.41, 5.74) is 4.04. The summed E-state index contributed by atoms with van der Waals surface area (Å²) in [7, 11) is 3.79. The van der Waals surface area contributed by atoms with Gasteiger partial charge in [0.15, 0.2) is 11.3 Å². The molecule has 0 bridgehead atoms. The van der Waals surface area contributed by atoms with Crippen molar-refractivity contribution in [1.29, 1.82) is 0 Å². The van der Waals surface area contributed by atoms with Crippen LogP contribution < -0.4 is 4.74 Å². The first kappa shape index (κ1) is 18.2. The fraction of sp³-hybridized carbons (Fsp3) is 0.217. The molecule has 0 aliphatic rings. The van der Waals surface area contributed by atoms with E-state index in [0.717, 1.165) is 53.2 Å². The minimum Gasteiger partial charge on any atom is -0.493 e. The van der Waals surface area contributed by atoms with Crippen molar-refractivity contribution in [2.24, 2.45) is 0 Å². The van der Waals surface area contributed by atoms with Crippen LogP contribution in [0.4, 0.5) is 0 Å². The van der Waals surface area contributed by atoms with Gasteiger partial charge >= 0.3 is 0 Å².